The third-order valence-electron chi connectivity index (χ3n) is 4.98. The van der Waals surface area contributed by atoms with Crippen LogP contribution in [0.4, 0.5) is 0 Å². The van der Waals surface area contributed by atoms with Crippen molar-refractivity contribution in [3.05, 3.63) is 89.1 Å². The van der Waals surface area contributed by atoms with Crippen molar-refractivity contribution in [2.45, 2.75) is 6.42 Å². The SMILES string of the molecule is Clc1ccc2c(c1)-n1nncc1Cc1c(C#Cc3ccn4ccnc4c3)ncn1-2. The van der Waals surface area contributed by atoms with Gasteiger partial charge in [0.05, 0.1) is 29.0 Å². The Labute approximate surface area is 170 Å². The van der Waals surface area contributed by atoms with Gasteiger partial charge >= 0.3 is 0 Å². The predicted octanol–water partition coefficient (Wildman–Crippen LogP) is 3.06. The minimum Gasteiger partial charge on any atom is -0.307 e. The fourth-order valence-corrected chi connectivity index (χ4v) is 3.76. The second kappa shape index (κ2) is 6.06. The number of halogens is 1. The zero-order valence-electron chi connectivity index (χ0n) is 15.0. The molecule has 138 valence electrons. The van der Waals surface area contributed by atoms with E-state index in [0.717, 1.165) is 39.7 Å². The van der Waals surface area contributed by atoms with Gasteiger partial charge in [-0.3, -0.25) is 4.57 Å². The first-order valence-corrected chi connectivity index (χ1v) is 9.35. The van der Waals surface area contributed by atoms with Gasteiger partial charge in [-0.1, -0.05) is 22.7 Å². The van der Waals surface area contributed by atoms with Gasteiger partial charge in [-0.25, -0.2) is 14.6 Å². The molecule has 0 aliphatic carbocycles. The van der Waals surface area contributed by atoms with Crippen molar-refractivity contribution >= 4 is 17.2 Å². The fourth-order valence-electron chi connectivity index (χ4n) is 3.60. The lowest BCUT2D eigenvalue weighted by Crippen LogP contribution is -2.03. The molecule has 0 amide bonds. The Morgan fingerprint density at radius 1 is 1.00 bits per heavy atom. The minimum absolute atomic E-state index is 0.614. The summed E-state index contributed by atoms with van der Waals surface area (Å²) in [5, 5.41) is 8.95. The molecule has 1 aromatic carbocycles. The van der Waals surface area contributed by atoms with Gasteiger partial charge in [-0.15, -0.1) is 5.10 Å². The van der Waals surface area contributed by atoms with Crippen LogP contribution in [0.25, 0.3) is 17.0 Å². The summed E-state index contributed by atoms with van der Waals surface area (Å²) < 4.78 is 5.81. The molecule has 0 saturated carbocycles. The molecule has 1 aliphatic rings. The molecule has 8 heteroatoms. The molecule has 0 radical (unpaired) electrons. The lowest BCUT2D eigenvalue weighted by Gasteiger charge is -2.09. The molecule has 0 N–H and O–H groups in total. The van der Waals surface area contributed by atoms with E-state index in [2.05, 4.69) is 32.1 Å². The largest absolute Gasteiger partial charge is 0.307 e. The lowest BCUT2D eigenvalue weighted by atomic mass is 10.2. The lowest BCUT2D eigenvalue weighted by molar-refractivity contribution is 0.778. The molecule has 0 bridgehead atoms. The number of imidazole rings is 2. The maximum atomic E-state index is 6.23. The quantitative estimate of drug-likeness (QED) is 0.369. The van der Waals surface area contributed by atoms with Crippen molar-refractivity contribution < 1.29 is 0 Å². The number of benzene rings is 1. The standard InChI is InChI=1S/C21H12ClN7/c22-15-2-4-18-20(10-15)29-16(12-25-26-29)11-19-17(24-13-28(18)19)3-1-14-5-7-27-8-6-23-21(27)9-14/h2,4-10,12-13H,11H2. The molecular weight excluding hydrogens is 386 g/mol. The summed E-state index contributed by atoms with van der Waals surface area (Å²) >= 11 is 6.23. The monoisotopic (exact) mass is 397 g/mol. The van der Waals surface area contributed by atoms with Crippen molar-refractivity contribution in [2.75, 3.05) is 0 Å². The molecule has 5 aromatic rings. The van der Waals surface area contributed by atoms with Crippen LogP contribution in [0.15, 0.2) is 61.4 Å². The van der Waals surface area contributed by atoms with E-state index >= 15 is 0 Å². The van der Waals surface area contributed by atoms with Crippen molar-refractivity contribution in [2.24, 2.45) is 0 Å². The molecule has 6 rings (SSSR count). The Bertz CT molecular complexity index is 1460. The first kappa shape index (κ1) is 16.1. The van der Waals surface area contributed by atoms with Gasteiger partial charge in [-0.05, 0) is 36.3 Å². The Kier molecular flexibility index (Phi) is 3.36. The number of aromatic nitrogens is 7. The molecule has 0 spiro atoms. The highest BCUT2D eigenvalue weighted by atomic mass is 35.5. The van der Waals surface area contributed by atoms with Gasteiger partial charge in [-0.2, -0.15) is 0 Å². The molecular formula is C21H12ClN7. The molecule has 0 fully saturated rings. The Balaban J connectivity index is 1.49. The van der Waals surface area contributed by atoms with Crippen molar-refractivity contribution in [1.82, 2.24) is 33.9 Å². The first-order valence-electron chi connectivity index (χ1n) is 8.97. The molecule has 5 heterocycles. The average molecular weight is 398 g/mol. The Morgan fingerprint density at radius 3 is 2.93 bits per heavy atom. The van der Waals surface area contributed by atoms with Crippen LogP contribution in [-0.4, -0.2) is 33.9 Å². The number of hydrogen-bond donors (Lipinski definition) is 0. The summed E-state index contributed by atoms with van der Waals surface area (Å²) in [6, 6.07) is 9.63. The summed E-state index contributed by atoms with van der Waals surface area (Å²) in [7, 11) is 0. The third kappa shape index (κ3) is 2.54. The molecule has 0 unspecified atom stereocenters. The van der Waals surface area contributed by atoms with Gasteiger partial charge in [0.25, 0.3) is 0 Å². The van der Waals surface area contributed by atoms with E-state index in [9.17, 15) is 0 Å². The first-order chi connectivity index (χ1) is 14.3. The second-order valence-electron chi connectivity index (χ2n) is 6.71. The highest BCUT2D eigenvalue weighted by Gasteiger charge is 2.22. The van der Waals surface area contributed by atoms with E-state index in [-0.39, 0.29) is 0 Å². The van der Waals surface area contributed by atoms with E-state index in [1.165, 1.54) is 0 Å². The van der Waals surface area contributed by atoms with Crippen LogP contribution in [0.1, 0.15) is 22.6 Å². The van der Waals surface area contributed by atoms with Crippen LogP contribution in [0.5, 0.6) is 0 Å². The number of rotatable bonds is 0. The normalized spacial score (nSPS) is 11.9. The second-order valence-corrected chi connectivity index (χ2v) is 7.15. The summed E-state index contributed by atoms with van der Waals surface area (Å²) in [6.45, 7) is 0. The van der Waals surface area contributed by atoms with E-state index in [4.69, 9.17) is 11.6 Å². The van der Waals surface area contributed by atoms with Crippen LogP contribution < -0.4 is 0 Å². The molecule has 1 aliphatic heterocycles. The van der Waals surface area contributed by atoms with Crippen molar-refractivity contribution in [3.8, 4) is 23.2 Å². The highest BCUT2D eigenvalue weighted by Crippen LogP contribution is 2.30. The molecule has 29 heavy (non-hydrogen) atoms. The smallest absolute Gasteiger partial charge is 0.137 e. The van der Waals surface area contributed by atoms with E-state index in [1.54, 1.807) is 18.7 Å². The highest BCUT2D eigenvalue weighted by molar-refractivity contribution is 6.30. The molecule has 4 aromatic heterocycles. The van der Waals surface area contributed by atoms with Crippen molar-refractivity contribution in [1.29, 1.82) is 0 Å². The molecule has 0 saturated heterocycles. The van der Waals surface area contributed by atoms with Gasteiger partial charge in [0.1, 0.15) is 17.7 Å². The summed E-state index contributed by atoms with van der Waals surface area (Å²) in [6.07, 6.45) is 9.79. The van der Waals surface area contributed by atoms with Gasteiger partial charge < -0.3 is 4.40 Å². The van der Waals surface area contributed by atoms with Gasteiger partial charge in [0, 0.05) is 35.6 Å². The number of nitrogens with zero attached hydrogens (tertiary/aromatic N) is 7. The average Bonchev–Trinajstić information content (AvgIpc) is 3.45. The maximum Gasteiger partial charge on any atom is 0.137 e. The minimum atomic E-state index is 0.614. The van der Waals surface area contributed by atoms with Crippen LogP contribution in [0, 0.1) is 11.8 Å². The number of fused-ring (bicyclic) bond motifs is 6. The third-order valence-corrected chi connectivity index (χ3v) is 5.22. The van der Waals surface area contributed by atoms with Gasteiger partial charge in [0.15, 0.2) is 0 Å². The van der Waals surface area contributed by atoms with Crippen LogP contribution in [0.3, 0.4) is 0 Å². The van der Waals surface area contributed by atoms with E-state index in [1.807, 2.05) is 56.4 Å². The predicted molar refractivity (Wildman–Crippen MR) is 107 cm³/mol. The summed E-state index contributed by atoms with van der Waals surface area (Å²) in [5.74, 6) is 6.44. The van der Waals surface area contributed by atoms with E-state index in [0.29, 0.717) is 11.4 Å². The zero-order chi connectivity index (χ0) is 19.4. The fraction of sp³-hybridized carbons (Fsp3) is 0.0476. The van der Waals surface area contributed by atoms with Crippen LogP contribution in [-0.2, 0) is 6.42 Å². The maximum absolute atomic E-state index is 6.23. The van der Waals surface area contributed by atoms with Crippen molar-refractivity contribution in [3.63, 3.8) is 0 Å². The summed E-state index contributed by atoms with van der Waals surface area (Å²) in [5.41, 5.74) is 6.22. The molecule has 0 atom stereocenters. The van der Waals surface area contributed by atoms with E-state index < -0.39 is 0 Å². The number of pyridine rings is 1. The molecule has 7 nitrogen and oxygen atoms in total. The van der Waals surface area contributed by atoms with Crippen LogP contribution in [0.2, 0.25) is 5.02 Å². The zero-order valence-corrected chi connectivity index (χ0v) is 15.7. The number of hydrogen-bond acceptors (Lipinski definition) is 4. The van der Waals surface area contributed by atoms with Crippen LogP contribution >= 0.6 is 11.6 Å². The van der Waals surface area contributed by atoms with Gasteiger partial charge in [0.2, 0.25) is 0 Å². The Hall–Kier alpha value is -3.89. The Morgan fingerprint density at radius 2 is 1.97 bits per heavy atom. The summed E-state index contributed by atoms with van der Waals surface area (Å²) in [4.78, 5) is 8.88. The topological polar surface area (TPSA) is 65.8 Å².